The third-order valence-corrected chi connectivity index (χ3v) is 5.79. The Bertz CT molecular complexity index is 1030. The lowest BCUT2D eigenvalue weighted by molar-refractivity contribution is 0.106. The molecule has 0 aliphatic carbocycles. The van der Waals surface area contributed by atoms with Gasteiger partial charge in [0.15, 0.2) is 0 Å². The maximum atomic E-state index is 13.2. The first kappa shape index (κ1) is 20.4. The first-order chi connectivity index (χ1) is 14.7. The molecule has 0 saturated carbocycles. The van der Waals surface area contributed by atoms with Crippen molar-refractivity contribution in [1.82, 2.24) is 9.97 Å². The number of ether oxygens (including phenoxy) is 4. The van der Waals surface area contributed by atoms with Crippen LogP contribution in [0.1, 0.15) is 22.1 Å². The molecule has 0 spiro atoms. The van der Waals surface area contributed by atoms with Gasteiger partial charge in [-0.15, -0.1) is 11.8 Å². The number of methoxy groups -OCH3 is 2. The largest absolute Gasteiger partial charge is 0.491 e. The molecule has 156 valence electrons. The van der Waals surface area contributed by atoms with Crippen molar-refractivity contribution in [3.63, 3.8) is 0 Å². The fourth-order valence-corrected chi connectivity index (χ4v) is 4.12. The van der Waals surface area contributed by atoms with Crippen LogP contribution >= 0.6 is 11.8 Å². The van der Waals surface area contributed by atoms with Crippen molar-refractivity contribution in [2.75, 3.05) is 20.8 Å². The minimum atomic E-state index is -0.260. The van der Waals surface area contributed by atoms with E-state index in [1.165, 1.54) is 26.4 Å². The zero-order chi connectivity index (χ0) is 20.9. The van der Waals surface area contributed by atoms with E-state index in [1.54, 1.807) is 24.0 Å². The van der Waals surface area contributed by atoms with E-state index in [9.17, 15) is 4.39 Å². The molecule has 1 aromatic heterocycles. The maximum Gasteiger partial charge on any atom is 0.278 e. The Morgan fingerprint density at radius 1 is 1.07 bits per heavy atom. The molecule has 6 nitrogen and oxygen atoms in total. The second kappa shape index (κ2) is 9.32. The quantitative estimate of drug-likeness (QED) is 0.546. The summed E-state index contributed by atoms with van der Waals surface area (Å²) in [7, 11) is 3.06. The summed E-state index contributed by atoms with van der Waals surface area (Å²) in [5.41, 5.74) is 2.57. The Morgan fingerprint density at radius 3 is 2.63 bits per heavy atom. The van der Waals surface area contributed by atoms with E-state index in [0.29, 0.717) is 31.6 Å². The number of rotatable bonds is 7. The van der Waals surface area contributed by atoms with E-state index >= 15 is 0 Å². The van der Waals surface area contributed by atoms with Crippen LogP contribution in [-0.2, 0) is 18.0 Å². The topological polar surface area (TPSA) is 62.7 Å². The summed E-state index contributed by atoms with van der Waals surface area (Å²) in [5.74, 6) is 1.26. The van der Waals surface area contributed by atoms with Gasteiger partial charge in [0.25, 0.3) is 11.8 Å². The molecule has 0 saturated heterocycles. The van der Waals surface area contributed by atoms with Crippen LogP contribution in [0.2, 0.25) is 0 Å². The SMILES string of the molecule is COc1ncc([C@@H]2COc3cc(COCc4cccc(F)c4)ccc3S2)nc1OC. The summed E-state index contributed by atoms with van der Waals surface area (Å²) in [6.45, 7) is 1.24. The number of thioether (sulfide) groups is 1. The lowest BCUT2D eigenvalue weighted by Gasteiger charge is -2.25. The summed E-state index contributed by atoms with van der Waals surface area (Å²) in [6, 6.07) is 12.4. The van der Waals surface area contributed by atoms with Crippen LogP contribution < -0.4 is 14.2 Å². The predicted octanol–water partition coefficient (Wildman–Crippen LogP) is 4.58. The van der Waals surface area contributed by atoms with Gasteiger partial charge >= 0.3 is 0 Å². The average molecular weight is 428 g/mol. The zero-order valence-electron chi connectivity index (χ0n) is 16.6. The first-order valence-corrected chi connectivity index (χ1v) is 10.2. The number of hydrogen-bond acceptors (Lipinski definition) is 7. The third-order valence-electron chi connectivity index (χ3n) is 4.54. The van der Waals surface area contributed by atoms with Crippen LogP contribution in [0, 0.1) is 5.82 Å². The Kier molecular flexibility index (Phi) is 6.35. The normalized spacial score (nSPS) is 15.2. The first-order valence-electron chi connectivity index (χ1n) is 9.35. The van der Waals surface area contributed by atoms with Gasteiger partial charge in [0.2, 0.25) is 0 Å². The number of benzene rings is 2. The molecule has 0 radical (unpaired) electrons. The van der Waals surface area contributed by atoms with Crippen molar-refractivity contribution in [3.05, 3.63) is 71.3 Å². The second-order valence-corrected chi connectivity index (χ2v) is 7.88. The van der Waals surface area contributed by atoms with E-state index in [4.69, 9.17) is 18.9 Å². The minimum Gasteiger partial charge on any atom is -0.491 e. The monoisotopic (exact) mass is 428 g/mol. The van der Waals surface area contributed by atoms with Gasteiger partial charge in [-0.2, -0.15) is 0 Å². The molecule has 0 N–H and O–H groups in total. The van der Waals surface area contributed by atoms with E-state index in [-0.39, 0.29) is 11.1 Å². The Balaban J connectivity index is 1.39. The Hall–Kier alpha value is -2.84. The molecule has 0 unspecified atom stereocenters. The fourth-order valence-electron chi connectivity index (χ4n) is 3.07. The number of fused-ring (bicyclic) bond motifs is 1. The molecule has 1 aliphatic rings. The van der Waals surface area contributed by atoms with Crippen LogP contribution in [0.15, 0.2) is 53.6 Å². The van der Waals surface area contributed by atoms with Crippen LogP contribution in [-0.4, -0.2) is 30.8 Å². The van der Waals surface area contributed by atoms with Gasteiger partial charge in [-0.3, -0.25) is 0 Å². The van der Waals surface area contributed by atoms with Gasteiger partial charge in [-0.1, -0.05) is 18.2 Å². The van der Waals surface area contributed by atoms with E-state index < -0.39 is 0 Å². The van der Waals surface area contributed by atoms with E-state index in [2.05, 4.69) is 9.97 Å². The maximum absolute atomic E-state index is 13.2. The summed E-state index contributed by atoms with van der Waals surface area (Å²) in [6.07, 6.45) is 1.68. The molecule has 2 heterocycles. The molecular formula is C22H21FN2O4S. The molecule has 3 aromatic rings. The van der Waals surface area contributed by atoms with E-state index in [1.807, 2.05) is 24.3 Å². The number of nitrogens with zero attached hydrogens (tertiary/aromatic N) is 2. The molecule has 0 fully saturated rings. The highest BCUT2D eigenvalue weighted by Gasteiger charge is 2.25. The molecule has 8 heteroatoms. The van der Waals surface area contributed by atoms with Crippen molar-refractivity contribution in [2.45, 2.75) is 23.4 Å². The molecule has 1 aliphatic heterocycles. The Morgan fingerprint density at radius 2 is 1.87 bits per heavy atom. The molecule has 0 amide bonds. The molecule has 2 aromatic carbocycles. The van der Waals surface area contributed by atoms with Crippen molar-refractivity contribution in [2.24, 2.45) is 0 Å². The van der Waals surface area contributed by atoms with Crippen molar-refractivity contribution in [1.29, 1.82) is 0 Å². The third kappa shape index (κ3) is 4.66. The van der Waals surface area contributed by atoms with Crippen LogP contribution in [0.25, 0.3) is 0 Å². The standard InChI is InChI=1S/C22H21FN2O4S/c1-26-21-22(27-2)25-17(10-24-21)20-13-29-18-9-15(6-7-19(18)30-20)12-28-11-14-4-3-5-16(23)8-14/h3-10,20H,11-13H2,1-2H3/t20-/m0/s1. The molecular weight excluding hydrogens is 407 g/mol. The summed E-state index contributed by atoms with van der Waals surface area (Å²) < 4.78 is 35.3. The molecule has 30 heavy (non-hydrogen) atoms. The van der Waals surface area contributed by atoms with Gasteiger partial charge in [0.05, 0.1) is 49.5 Å². The van der Waals surface area contributed by atoms with Gasteiger partial charge in [0, 0.05) is 0 Å². The highest BCUT2D eigenvalue weighted by molar-refractivity contribution is 7.99. The zero-order valence-corrected chi connectivity index (χ0v) is 17.4. The van der Waals surface area contributed by atoms with Gasteiger partial charge in [0.1, 0.15) is 18.2 Å². The molecule has 0 bridgehead atoms. The Labute approximate surface area is 178 Å². The number of hydrogen-bond donors (Lipinski definition) is 0. The predicted molar refractivity (Wildman–Crippen MR) is 111 cm³/mol. The lowest BCUT2D eigenvalue weighted by Crippen LogP contribution is -2.15. The smallest absolute Gasteiger partial charge is 0.278 e. The minimum absolute atomic E-state index is 0.000108. The summed E-state index contributed by atoms with van der Waals surface area (Å²) in [4.78, 5) is 9.78. The molecule has 4 rings (SSSR count). The van der Waals surface area contributed by atoms with Crippen LogP contribution in [0.3, 0.4) is 0 Å². The average Bonchev–Trinajstić information content (AvgIpc) is 2.78. The second-order valence-electron chi connectivity index (χ2n) is 6.63. The van der Waals surface area contributed by atoms with Crippen molar-refractivity contribution < 1.29 is 23.3 Å². The van der Waals surface area contributed by atoms with Gasteiger partial charge in [-0.25, -0.2) is 14.4 Å². The van der Waals surface area contributed by atoms with Gasteiger partial charge in [-0.05, 0) is 35.4 Å². The van der Waals surface area contributed by atoms with E-state index in [0.717, 1.165) is 27.5 Å². The van der Waals surface area contributed by atoms with Crippen LogP contribution in [0.4, 0.5) is 4.39 Å². The summed E-state index contributed by atoms with van der Waals surface area (Å²) in [5, 5.41) is -0.000108. The highest BCUT2D eigenvalue weighted by atomic mass is 32.2. The summed E-state index contributed by atoms with van der Waals surface area (Å²) >= 11 is 1.67. The number of aromatic nitrogens is 2. The molecule has 1 atom stereocenters. The lowest BCUT2D eigenvalue weighted by atomic mass is 10.2. The van der Waals surface area contributed by atoms with Crippen molar-refractivity contribution in [3.8, 4) is 17.5 Å². The highest BCUT2D eigenvalue weighted by Crippen LogP contribution is 2.44. The van der Waals surface area contributed by atoms with Gasteiger partial charge < -0.3 is 18.9 Å². The van der Waals surface area contributed by atoms with Crippen molar-refractivity contribution >= 4 is 11.8 Å². The fraction of sp³-hybridized carbons (Fsp3) is 0.273. The number of halogens is 1. The van der Waals surface area contributed by atoms with Crippen LogP contribution in [0.5, 0.6) is 17.5 Å².